The molecule has 1 aliphatic heterocycles. The number of nitrogens with zero attached hydrogens (tertiary/aromatic N) is 1. The Morgan fingerprint density at radius 3 is 1.84 bits per heavy atom. The minimum atomic E-state index is -0.204. The van der Waals surface area contributed by atoms with Crippen molar-refractivity contribution in [3.05, 3.63) is 132 Å². The van der Waals surface area contributed by atoms with Crippen LogP contribution in [0.1, 0.15) is 22.9 Å². The maximum Gasteiger partial charge on any atom is 0.145 e. The summed E-state index contributed by atoms with van der Waals surface area (Å²) in [6.45, 7) is 0. The maximum absolute atomic E-state index is 5.07. The molecule has 1 unspecified atom stereocenters. The number of benzene rings is 4. The SMILES string of the molecule is Sc1cc(-c2ccccc2)cc(C2N=C(c3ccccc3)C=C(c3ccccc3)N2)c1. The van der Waals surface area contributed by atoms with Crippen molar-refractivity contribution in [3.63, 3.8) is 0 Å². The van der Waals surface area contributed by atoms with Crippen LogP contribution in [-0.2, 0) is 0 Å². The summed E-state index contributed by atoms with van der Waals surface area (Å²) in [5.74, 6) is 0. The minimum Gasteiger partial charge on any atom is -0.360 e. The second kappa shape index (κ2) is 8.66. The molecule has 0 radical (unpaired) electrons. The van der Waals surface area contributed by atoms with Crippen molar-refractivity contribution >= 4 is 24.0 Å². The van der Waals surface area contributed by atoms with Crippen molar-refractivity contribution in [2.24, 2.45) is 4.99 Å². The summed E-state index contributed by atoms with van der Waals surface area (Å²) in [5.41, 5.74) is 7.66. The van der Waals surface area contributed by atoms with E-state index in [2.05, 4.69) is 103 Å². The average Bonchev–Trinajstić information content (AvgIpc) is 2.85. The Morgan fingerprint density at radius 1 is 0.613 bits per heavy atom. The van der Waals surface area contributed by atoms with Gasteiger partial charge in [0.25, 0.3) is 0 Å². The fourth-order valence-electron chi connectivity index (χ4n) is 3.83. The van der Waals surface area contributed by atoms with Crippen molar-refractivity contribution in [2.75, 3.05) is 0 Å². The quantitative estimate of drug-likeness (QED) is 0.351. The summed E-state index contributed by atoms with van der Waals surface area (Å²) >= 11 is 4.69. The number of thiol groups is 1. The lowest BCUT2D eigenvalue weighted by atomic mass is 9.99. The molecule has 0 aromatic heterocycles. The molecule has 0 saturated carbocycles. The minimum absolute atomic E-state index is 0.204. The van der Waals surface area contributed by atoms with Crippen LogP contribution in [-0.4, -0.2) is 5.71 Å². The Morgan fingerprint density at radius 2 is 1.19 bits per heavy atom. The van der Waals surface area contributed by atoms with Crippen molar-refractivity contribution < 1.29 is 0 Å². The third kappa shape index (κ3) is 4.32. The summed E-state index contributed by atoms with van der Waals surface area (Å²) in [7, 11) is 0. The van der Waals surface area contributed by atoms with E-state index in [9.17, 15) is 0 Å². The number of hydrogen-bond acceptors (Lipinski definition) is 3. The van der Waals surface area contributed by atoms with Gasteiger partial charge in [0.2, 0.25) is 0 Å². The van der Waals surface area contributed by atoms with E-state index in [0.29, 0.717) is 0 Å². The zero-order valence-electron chi connectivity index (χ0n) is 16.9. The molecule has 0 saturated heterocycles. The molecule has 0 bridgehead atoms. The number of aliphatic imine (C=N–C) groups is 1. The highest BCUT2D eigenvalue weighted by Gasteiger charge is 2.20. The van der Waals surface area contributed by atoms with E-state index in [0.717, 1.165) is 38.6 Å². The van der Waals surface area contributed by atoms with Gasteiger partial charge >= 0.3 is 0 Å². The van der Waals surface area contributed by atoms with Gasteiger partial charge in [0.15, 0.2) is 0 Å². The van der Waals surface area contributed by atoms with Crippen LogP contribution in [0, 0.1) is 0 Å². The Kier molecular flexibility index (Phi) is 5.42. The van der Waals surface area contributed by atoms with Gasteiger partial charge in [-0.1, -0.05) is 91.0 Å². The summed E-state index contributed by atoms with van der Waals surface area (Å²) in [6.07, 6.45) is 1.93. The molecule has 0 aliphatic carbocycles. The average molecular weight is 419 g/mol. The molecule has 0 amide bonds. The lowest BCUT2D eigenvalue weighted by Gasteiger charge is -2.25. The van der Waals surface area contributed by atoms with Crippen molar-refractivity contribution in [2.45, 2.75) is 11.1 Å². The predicted octanol–water partition coefficient (Wildman–Crippen LogP) is 6.77. The van der Waals surface area contributed by atoms with Gasteiger partial charge in [0.05, 0.1) is 5.71 Å². The number of hydrogen-bond donors (Lipinski definition) is 2. The second-order valence-corrected chi connectivity index (χ2v) is 8.05. The smallest absolute Gasteiger partial charge is 0.145 e. The Balaban J connectivity index is 1.60. The monoisotopic (exact) mass is 418 g/mol. The molecule has 1 N–H and O–H groups in total. The zero-order valence-corrected chi connectivity index (χ0v) is 17.8. The Bertz CT molecular complexity index is 1250. The summed E-state index contributed by atoms with van der Waals surface area (Å²) < 4.78 is 0. The van der Waals surface area contributed by atoms with Crippen LogP contribution in [0.15, 0.2) is 125 Å². The summed E-state index contributed by atoms with van der Waals surface area (Å²) in [6, 6.07) is 37.5. The number of allylic oxidation sites excluding steroid dienone is 1. The van der Waals surface area contributed by atoms with Crippen LogP contribution in [0.25, 0.3) is 16.8 Å². The van der Waals surface area contributed by atoms with Crippen LogP contribution in [0.3, 0.4) is 0 Å². The lowest BCUT2D eigenvalue weighted by molar-refractivity contribution is 0.662. The molecule has 2 nitrogen and oxygen atoms in total. The highest BCUT2D eigenvalue weighted by Crippen LogP contribution is 2.31. The van der Waals surface area contributed by atoms with Crippen molar-refractivity contribution in [1.82, 2.24) is 5.32 Å². The van der Waals surface area contributed by atoms with Gasteiger partial charge in [-0.2, -0.15) is 0 Å². The molecule has 1 heterocycles. The highest BCUT2D eigenvalue weighted by molar-refractivity contribution is 7.80. The van der Waals surface area contributed by atoms with Gasteiger partial charge in [0.1, 0.15) is 6.17 Å². The molecule has 4 aromatic rings. The first-order chi connectivity index (χ1) is 15.3. The molecule has 31 heavy (non-hydrogen) atoms. The van der Waals surface area contributed by atoms with Crippen molar-refractivity contribution in [3.8, 4) is 11.1 Å². The van der Waals surface area contributed by atoms with Gasteiger partial charge in [-0.25, -0.2) is 0 Å². The number of nitrogens with one attached hydrogen (secondary N) is 1. The number of rotatable bonds is 4. The molecule has 1 atom stereocenters. The second-order valence-electron chi connectivity index (χ2n) is 7.53. The molecule has 5 rings (SSSR count). The Labute approximate surface area is 188 Å². The zero-order chi connectivity index (χ0) is 21.0. The van der Waals surface area contributed by atoms with Crippen LogP contribution in [0.4, 0.5) is 0 Å². The van der Waals surface area contributed by atoms with E-state index in [1.54, 1.807) is 0 Å². The van der Waals surface area contributed by atoms with E-state index in [1.165, 1.54) is 5.56 Å². The highest BCUT2D eigenvalue weighted by atomic mass is 32.1. The predicted molar refractivity (Wildman–Crippen MR) is 132 cm³/mol. The van der Waals surface area contributed by atoms with Gasteiger partial charge in [-0.3, -0.25) is 4.99 Å². The molecule has 150 valence electrons. The van der Waals surface area contributed by atoms with Gasteiger partial charge in [-0.05, 0) is 52.1 Å². The third-order valence-electron chi connectivity index (χ3n) is 5.36. The molecule has 0 fully saturated rings. The lowest BCUT2D eigenvalue weighted by Crippen LogP contribution is -2.25. The van der Waals surface area contributed by atoms with Crippen LogP contribution in [0.2, 0.25) is 0 Å². The normalized spacial score (nSPS) is 15.6. The summed E-state index contributed by atoms with van der Waals surface area (Å²) in [5, 5.41) is 3.63. The van der Waals surface area contributed by atoms with E-state index < -0.39 is 0 Å². The largest absolute Gasteiger partial charge is 0.360 e. The maximum atomic E-state index is 5.07. The fraction of sp³-hybridized carbons (Fsp3) is 0.0357. The van der Waals surface area contributed by atoms with Crippen LogP contribution in [0.5, 0.6) is 0 Å². The van der Waals surface area contributed by atoms with E-state index in [4.69, 9.17) is 4.99 Å². The van der Waals surface area contributed by atoms with Crippen LogP contribution < -0.4 is 5.32 Å². The van der Waals surface area contributed by atoms with E-state index in [1.807, 2.05) is 30.3 Å². The fourth-order valence-corrected chi connectivity index (χ4v) is 4.12. The van der Waals surface area contributed by atoms with Gasteiger partial charge in [0, 0.05) is 10.6 Å². The topological polar surface area (TPSA) is 24.4 Å². The first-order valence-corrected chi connectivity index (χ1v) is 10.8. The van der Waals surface area contributed by atoms with Crippen molar-refractivity contribution in [1.29, 1.82) is 0 Å². The molecule has 0 spiro atoms. The van der Waals surface area contributed by atoms with Gasteiger partial charge in [-0.15, -0.1) is 12.6 Å². The summed E-state index contributed by atoms with van der Waals surface area (Å²) in [4.78, 5) is 5.99. The molecule has 3 heteroatoms. The first-order valence-electron chi connectivity index (χ1n) is 10.3. The molecule has 1 aliphatic rings. The molecular formula is C28H22N2S. The van der Waals surface area contributed by atoms with E-state index >= 15 is 0 Å². The third-order valence-corrected chi connectivity index (χ3v) is 5.62. The first kappa shape index (κ1) is 19.4. The Hall–Kier alpha value is -3.56. The van der Waals surface area contributed by atoms with Crippen LogP contribution >= 0.6 is 12.6 Å². The standard InChI is InChI=1S/C28H22N2S/c31-25-17-23(20-10-4-1-5-11-20)16-24(18-25)28-29-26(21-12-6-2-7-13-21)19-27(30-28)22-14-8-3-9-15-22/h1-19,28-29,31H. The van der Waals surface area contributed by atoms with Gasteiger partial charge < -0.3 is 5.32 Å². The molecule has 4 aromatic carbocycles. The van der Waals surface area contributed by atoms with E-state index in [-0.39, 0.29) is 6.17 Å². The molecular weight excluding hydrogens is 396 g/mol.